The third-order valence-electron chi connectivity index (χ3n) is 2.37. The van der Waals surface area contributed by atoms with Gasteiger partial charge in [0.05, 0.1) is 0 Å². The summed E-state index contributed by atoms with van der Waals surface area (Å²) in [7, 11) is 0. The Balaban J connectivity index is 2.35. The topological polar surface area (TPSA) is 0 Å². The highest BCUT2D eigenvalue weighted by Gasteiger charge is 2.17. The van der Waals surface area contributed by atoms with E-state index in [1.807, 2.05) is 0 Å². The molecule has 10 heavy (non-hydrogen) atoms. The first-order valence-electron chi connectivity index (χ1n) is 3.83. The first-order chi connectivity index (χ1) is 4.77. The highest BCUT2D eigenvalue weighted by molar-refractivity contribution is 5.53. The van der Waals surface area contributed by atoms with Crippen LogP contribution in [0.15, 0.2) is 34.4 Å². The minimum atomic E-state index is 1.18. The van der Waals surface area contributed by atoms with Gasteiger partial charge in [0.1, 0.15) is 0 Å². The molecule has 2 aliphatic carbocycles. The zero-order chi connectivity index (χ0) is 7.14. The first-order valence-corrected chi connectivity index (χ1v) is 3.83. The molecule has 0 bridgehead atoms. The van der Waals surface area contributed by atoms with Crippen molar-refractivity contribution in [1.29, 1.82) is 0 Å². The van der Waals surface area contributed by atoms with E-state index in [2.05, 4.69) is 26.0 Å². The van der Waals surface area contributed by atoms with E-state index in [1.165, 1.54) is 24.0 Å². The van der Waals surface area contributed by atoms with Crippen LogP contribution in [0.3, 0.4) is 0 Å². The lowest BCUT2D eigenvalue weighted by atomic mass is 10.1. The van der Waals surface area contributed by atoms with Crippen LogP contribution in [0.1, 0.15) is 26.7 Å². The van der Waals surface area contributed by atoms with Crippen molar-refractivity contribution in [1.82, 2.24) is 0 Å². The lowest BCUT2D eigenvalue weighted by Crippen LogP contribution is -1.78. The summed E-state index contributed by atoms with van der Waals surface area (Å²) in [5, 5.41) is 0. The second kappa shape index (κ2) is 1.85. The molecule has 0 amide bonds. The van der Waals surface area contributed by atoms with Crippen molar-refractivity contribution in [2.24, 2.45) is 0 Å². The van der Waals surface area contributed by atoms with Crippen molar-refractivity contribution in [3.8, 4) is 0 Å². The van der Waals surface area contributed by atoms with E-state index >= 15 is 0 Å². The van der Waals surface area contributed by atoms with E-state index in [-0.39, 0.29) is 0 Å². The fourth-order valence-corrected chi connectivity index (χ4v) is 1.79. The average Bonchev–Trinajstić information content (AvgIpc) is 2.35. The summed E-state index contributed by atoms with van der Waals surface area (Å²) in [6, 6.07) is 0. The molecule has 0 unspecified atom stereocenters. The summed E-state index contributed by atoms with van der Waals surface area (Å²) >= 11 is 0. The Morgan fingerprint density at radius 3 is 2.80 bits per heavy atom. The highest BCUT2D eigenvalue weighted by atomic mass is 14.2. The summed E-state index contributed by atoms with van der Waals surface area (Å²) in [5.41, 5.74) is 6.19. The number of rotatable bonds is 0. The van der Waals surface area contributed by atoms with Crippen molar-refractivity contribution in [2.45, 2.75) is 26.7 Å². The largest absolute Gasteiger partial charge is 0.0769 e. The molecule has 0 saturated heterocycles. The van der Waals surface area contributed by atoms with E-state index in [9.17, 15) is 0 Å². The normalized spacial score (nSPS) is 23.0. The van der Waals surface area contributed by atoms with Gasteiger partial charge < -0.3 is 0 Å². The molecule has 2 rings (SSSR count). The summed E-state index contributed by atoms with van der Waals surface area (Å²) in [6.45, 7) is 4.43. The third kappa shape index (κ3) is 0.683. The van der Waals surface area contributed by atoms with Crippen LogP contribution >= 0.6 is 0 Å². The summed E-state index contributed by atoms with van der Waals surface area (Å²) < 4.78 is 0. The van der Waals surface area contributed by atoms with E-state index < -0.39 is 0 Å². The molecule has 0 atom stereocenters. The van der Waals surface area contributed by atoms with Crippen LogP contribution in [0, 0.1) is 0 Å². The highest BCUT2D eigenvalue weighted by Crippen LogP contribution is 2.36. The molecule has 0 saturated carbocycles. The van der Waals surface area contributed by atoms with Gasteiger partial charge in [-0.2, -0.15) is 0 Å². The smallest absolute Gasteiger partial charge is 0.00613 e. The maximum absolute atomic E-state index is 2.34. The van der Waals surface area contributed by atoms with Crippen molar-refractivity contribution < 1.29 is 0 Å². The molecule has 0 aromatic carbocycles. The zero-order valence-electron chi connectivity index (χ0n) is 6.57. The molecule has 52 valence electrons. The van der Waals surface area contributed by atoms with Gasteiger partial charge in [0.15, 0.2) is 0 Å². The second-order valence-electron chi connectivity index (χ2n) is 3.26. The maximum Gasteiger partial charge on any atom is -0.00613 e. The van der Waals surface area contributed by atoms with E-state index in [0.29, 0.717) is 0 Å². The molecular formula is C10H12. The lowest BCUT2D eigenvalue weighted by molar-refractivity contribution is 1.16. The zero-order valence-corrected chi connectivity index (χ0v) is 6.57. The predicted octanol–water partition coefficient (Wildman–Crippen LogP) is 2.98. The fraction of sp³-hybridized carbons (Fsp3) is 0.400. The molecule has 0 nitrogen and oxygen atoms in total. The van der Waals surface area contributed by atoms with Crippen molar-refractivity contribution in [2.75, 3.05) is 0 Å². The number of allylic oxidation sites excluding steroid dienone is 6. The van der Waals surface area contributed by atoms with Crippen LogP contribution in [0.2, 0.25) is 0 Å². The monoisotopic (exact) mass is 132 g/mol. The summed E-state index contributed by atoms with van der Waals surface area (Å²) in [4.78, 5) is 0. The molecule has 0 aliphatic heterocycles. The van der Waals surface area contributed by atoms with Crippen LogP contribution in [0.4, 0.5) is 0 Å². The first kappa shape index (κ1) is 5.96. The van der Waals surface area contributed by atoms with E-state index in [0.717, 1.165) is 0 Å². The van der Waals surface area contributed by atoms with Gasteiger partial charge in [0.2, 0.25) is 0 Å². The molecule has 0 heterocycles. The van der Waals surface area contributed by atoms with Gasteiger partial charge in [0.25, 0.3) is 0 Å². The Hall–Kier alpha value is -0.780. The number of hydrogen-bond donors (Lipinski definition) is 0. The van der Waals surface area contributed by atoms with Crippen LogP contribution in [0.25, 0.3) is 0 Å². The van der Waals surface area contributed by atoms with Gasteiger partial charge in [-0.15, -0.1) is 0 Å². The summed E-state index contributed by atoms with van der Waals surface area (Å²) in [5.74, 6) is 0. The SMILES string of the molecule is CC1=CC2=C(C1)C(C)=CC2. The molecule has 2 aliphatic rings. The molecule has 0 N–H and O–H groups in total. The molecule has 0 spiro atoms. The maximum atomic E-state index is 2.34. The van der Waals surface area contributed by atoms with Crippen LogP contribution in [-0.4, -0.2) is 0 Å². The lowest BCUT2D eigenvalue weighted by Gasteiger charge is -1.97. The molecule has 0 radical (unpaired) electrons. The Labute approximate surface area is 61.9 Å². The molecule has 0 fully saturated rings. The van der Waals surface area contributed by atoms with Crippen molar-refractivity contribution >= 4 is 0 Å². The standard InChI is InChI=1S/C10H12/c1-7-5-9-4-3-8(2)10(9)6-7/h3,5H,4,6H2,1-2H3. The Morgan fingerprint density at radius 1 is 1.30 bits per heavy atom. The molecule has 0 aromatic rings. The van der Waals surface area contributed by atoms with Crippen LogP contribution in [0.5, 0.6) is 0 Å². The minimum Gasteiger partial charge on any atom is -0.0769 e. The average molecular weight is 132 g/mol. The van der Waals surface area contributed by atoms with Crippen molar-refractivity contribution in [3.63, 3.8) is 0 Å². The molecule has 0 aromatic heterocycles. The van der Waals surface area contributed by atoms with Crippen LogP contribution in [-0.2, 0) is 0 Å². The van der Waals surface area contributed by atoms with E-state index in [1.54, 1.807) is 11.1 Å². The predicted molar refractivity (Wildman–Crippen MR) is 43.8 cm³/mol. The summed E-state index contributed by atoms with van der Waals surface area (Å²) in [6.07, 6.45) is 7.05. The van der Waals surface area contributed by atoms with E-state index in [4.69, 9.17) is 0 Å². The Bertz CT molecular complexity index is 262. The van der Waals surface area contributed by atoms with Gasteiger partial charge in [0, 0.05) is 0 Å². The molecular weight excluding hydrogens is 120 g/mol. The van der Waals surface area contributed by atoms with Gasteiger partial charge in [-0.1, -0.05) is 23.3 Å². The Morgan fingerprint density at radius 2 is 2.10 bits per heavy atom. The number of hydrogen-bond acceptors (Lipinski definition) is 0. The quantitative estimate of drug-likeness (QED) is 0.475. The van der Waals surface area contributed by atoms with Gasteiger partial charge >= 0.3 is 0 Å². The fourth-order valence-electron chi connectivity index (χ4n) is 1.79. The van der Waals surface area contributed by atoms with Crippen LogP contribution < -0.4 is 0 Å². The van der Waals surface area contributed by atoms with Gasteiger partial charge in [-0.3, -0.25) is 0 Å². The van der Waals surface area contributed by atoms with Gasteiger partial charge in [-0.25, -0.2) is 0 Å². The van der Waals surface area contributed by atoms with Gasteiger partial charge in [-0.05, 0) is 37.8 Å². The minimum absolute atomic E-state index is 1.18. The third-order valence-corrected chi connectivity index (χ3v) is 2.37. The Kier molecular flexibility index (Phi) is 1.10. The van der Waals surface area contributed by atoms with Crippen molar-refractivity contribution in [3.05, 3.63) is 34.4 Å². The second-order valence-corrected chi connectivity index (χ2v) is 3.26. The molecule has 0 heteroatoms.